The van der Waals surface area contributed by atoms with Gasteiger partial charge in [0.15, 0.2) is 0 Å². The molecule has 19 heavy (non-hydrogen) atoms. The van der Waals surface area contributed by atoms with E-state index in [-0.39, 0.29) is 11.8 Å². The van der Waals surface area contributed by atoms with Crippen LogP contribution >= 0.6 is 23.2 Å². The number of carbonyl (C=O) groups is 1. The van der Waals surface area contributed by atoms with Crippen LogP contribution in [-0.2, 0) is 4.79 Å². The summed E-state index contributed by atoms with van der Waals surface area (Å²) in [6, 6.07) is 5.23. The van der Waals surface area contributed by atoms with Gasteiger partial charge in [0.05, 0.1) is 16.3 Å². The number of amides is 1. The average Bonchev–Trinajstić information content (AvgIpc) is 2.43. The van der Waals surface area contributed by atoms with E-state index in [0.717, 1.165) is 25.7 Å². The van der Waals surface area contributed by atoms with Crippen LogP contribution in [0.2, 0.25) is 10.0 Å². The van der Waals surface area contributed by atoms with Crippen molar-refractivity contribution >= 4 is 35.3 Å². The molecule has 5 heteroatoms. The van der Waals surface area contributed by atoms with Crippen LogP contribution in [0.15, 0.2) is 23.3 Å². The van der Waals surface area contributed by atoms with Crippen molar-refractivity contribution in [3.8, 4) is 0 Å². The van der Waals surface area contributed by atoms with Crippen molar-refractivity contribution in [2.24, 2.45) is 11.0 Å². The highest BCUT2D eigenvalue weighted by Gasteiger charge is 2.20. The number of carbonyl (C=O) groups excluding carboxylic acids is 1. The van der Waals surface area contributed by atoms with Gasteiger partial charge in [0.1, 0.15) is 0 Å². The van der Waals surface area contributed by atoms with Crippen molar-refractivity contribution in [3.63, 3.8) is 0 Å². The first-order valence-electron chi connectivity index (χ1n) is 6.45. The third-order valence-corrected chi connectivity index (χ3v) is 4.00. The molecule has 0 aliphatic heterocycles. The van der Waals surface area contributed by atoms with Gasteiger partial charge in [0.2, 0.25) is 5.91 Å². The minimum Gasteiger partial charge on any atom is -0.273 e. The lowest BCUT2D eigenvalue weighted by molar-refractivity contribution is -0.125. The zero-order chi connectivity index (χ0) is 13.7. The molecule has 1 aliphatic carbocycles. The van der Waals surface area contributed by atoms with Crippen LogP contribution in [0.3, 0.4) is 0 Å². The topological polar surface area (TPSA) is 41.5 Å². The van der Waals surface area contributed by atoms with E-state index in [1.165, 1.54) is 12.6 Å². The number of hydrogen-bond donors (Lipinski definition) is 1. The maximum atomic E-state index is 11.9. The molecular weight excluding hydrogens is 283 g/mol. The molecule has 102 valence electrons. The summed E-state index contributed by atoms with van der Waals surface area (Å²) < 4.78 is 0. The Morgan fingerprint density at radius 1 is 1.21 bits per heavy atom. The Morgan fingerprint density at radius 2 is 1.84 bits per heavy atom. The largest absolute Gasteiger partial charge is 0.273 e. The molecule has 0 spiro atoms. The smallest absolute Gasteiger partial charge is 0.243 e. The first kappa shape index (κ1) is 14.4. The van der Waals surface area contributed by atoms with Crippen molar-refractivity contribution in [1.82, 2.24) is 5.43 Å². The minimum atomic E-state index is -0.0147. The van der Waals surface area contributed by atoms with Crippen LogP contribution in [0, 0.1) is 5.92 Å². The van der Waals surface area contributed by atoms with E-state index in [1.54, 1.807) is 18.2 Å². The molecule has 1 amide bonds. The molecule has 2 rings (SSSR count). The third-order valence-electron chi connectivity index (χ3n) is 3.34. The second kappa shape index (κ2) is 6.92. The quantitative estimate of drug-likeness (QED) is 0.664. The predicted octanol–water partition coefficient (Wildman–Crippen LogP) is 4.02. The molecular formula is C14H16Cl2N2O. The number of hydrogen-bond acceptors (Lipinski definition) is 2. The summed E-state index contributed by atoms with van der Waals surface area (Å²) in [7, 11) is 0. The van der Waals surface area contributed by atoms with Crippen molar-refractivity contribution in [1.29, 1.82) is 0 Å². The Bertz CT molecular complexity index is 462. The fourth-order valence-corrected chi connectivity index (χ4v) is 2.75. The van der Waals surface area contributed by atoms with Crippen molar-refractivity contribution in [3.05, 3.63) is 33.8 Å². The Balaban J connectivity index is 1.94. The molecule has 1 aliphatic rings. The number of halogens is 2. The van der Waals surface area contributed by atoms with Gasteiger partial charge in [0.25, 0.3) is 0 Å². The Hall–Kier alpha value is -1.06. The van der Waals surface area contributed by atoms with Crippen LogP contribution in [0.4, 0.5) is 0 Å². The van der Waals surface area contributed by atoms with Gasteiger partial charge in [-0.15, -0.1) is 0 Å². The maximum Gasteiger partial charge on any atom is 0.243 e. The maximum absolute atomic E-state index is 11.9. The highest BCUT2D eigenvalue weighted by atomic mass is 35.5. The molecule has 1 saturated carbocycles. The van der Waals surface area contributed by atoms with Crippen LogP contribution < -0.4 is 5.43 Å². The van der Waals surface area contributed by atoms with E-state index in [9.17, 15) is 4.79 Å². The van der Waals surface area contributed by atoms with Crippen molar-refractivity contribution in [2.75, 3.05) is 0 Å². The molecule has 0 radical (unpaired) electrons. The standard InChI is InChI=1S/C14H16Cl2N2O/c15-12-7-4-8-13(16)11(12)9-17-18-14(19)10-5-2-1-3-6-10/h4,7-10H,1-3,5-6H2,(H,18,19)/b17-9-. The number of rotatable bonds is 3. The summed E-state index contributed by atoms with van der Waals surface area (Å²) in [6.07, 6.45) is 6.87. The van der Waals surface area contributed by atoms with Gasteiger partial charge >= 0.3 is 0 Å². The Labute approximate surface area is 123 Å². The number of nitrogens with zero attached hydrogens (tertiary/aromatic N) is 1. The molecule has 0 atom stereocenters. The number of nitrogens with one attached hydrogen (secondary N) is 1. The van der Waals surface area contributed by atoms with Gasteiger partial charge in [0, 0.05) is 11.5 Å². The molecule has 1 N–H and O–H groups in total. The highest BCUT2D eigenvalue weighted by Crippen LogP contribution is 2.24. The second-order valence-electron chi connectivity index (χ2n) is 4.70. The van der Waals surface area contributed by atoms with Gasteiger partial charge in [-0.1, -0.05) is 48.5 Å². The summed E-state index contributed by atoms with van der Waals surface area (Å²) >= 11 is 12.0. The van der Waals surface area contributed by atoms with E-state index in [4.69, 9.17) is 23.2 Å². The molecule has 0 heterocycles. The molecule has 1 fully saturated rings. The number of hydrazone groups is 1. The summed E-state index contributed by atoms with van der Waals surface area (Å²) in [5.74, 6) is 0.0757. The first-order valence-corrected chi connectivity index (χ1v) is 7.21. The van der Waals surface area contributed by atoms with Gasteiger partial charge in [-0.2, -0.15) is 5.10 Å². The fraction of sp³-hybridized carbons (Fsp3) is 0.429. The third kappa shape index (κ3) is 3.95. The van der Waals surface area contributed by atoms with Gasteiger partial charge < -0.3 is 0 Å². The Kier molecular flexibility index (Phi) is 5.23. The summed E-state index contributed by atoms with van der Waals surface area (Å²) in [4.78, 5) is 11.9. The van der Waals surface area contributed by atoms with Gasteiger partial charge in [-0.05, 0) is 25.0 Å². The second-order valence-corrected chi connectivity index (χ2v) is 5.52. The van der Waals surface area contributed by atoms with Crippen LogP contribution in [0.5, 0.6) is 0 Å². The van der Waals surface area contributed by atoms with Crippen molar-refractivity contribution in [2.45, 2.75) is 32.1 Å². The molecule has 0 unspecified atom stereocenters. The van der Waals surface area contributed by atoms with Crippen molar-refractivity contribution < 1.29 is 4.79 Å². The normalized spacial score (nSPS) is 16.7. The fourth-order valence-electron chi connectivity index (χ4n) is 2.25. The van der Waals surface area contributed by atoms with Crippen LogP contribution in [0.1, 0.15) is 37.7 Å². The average molecular weight is 299 g/mol. The zero-order valence-corrected chi connectivity index (χ0v) is 12.0. The van der Waals surface area contributed by atoms with Crippen LogP contribution in [0.25, 0.3) is 0 Å². The SMILES string of the molecule is O=C(N/N=C\c1c(Cl)cccc1Cl)C1CCCCC1. The molecule has 3 nitrogen and oxygen atoms in total. The van der Waals surface area contributed by atoms with E-state index < -0.39 is 0 Å². The molecule has 0 aromatic heterocycles. The highest BCUT2D eigenvalue weighted by molar-refractivity contribution is 6.38. The van der Waals surface area contributed by atoms with E-state index in [2.05, 4.69) is 10.5 Å². The lowest BCUT2D eigenvalue weighted by Crippen LogP contribution is -2.28. The van der Waals surface area contributed by atoms with E-state index in [0.29, 0.717) is 15.6 Å². The first-order chi connectivity index (χ1) is 9.18. The van der Waals surface area contributed by atoms with Crippen LogP contribution in [-0.4, -0.2) is 12.1 Å². The molecule has 0 bridgehead atoms. The van der Waals surface area contributed by atoms with E-state index in [1.807, 2.05) is 0 Å². The van der Waals surface area contributed by atoms with Gasteiger partial charge in [-0.3, -0.25) is 4.79 Å². The predicted molar refractivity (Wildman–Crippen MR) is 78.8 cm³/mol. The zero-order valence-electron chi connectivity index (χ0n) is 10.5. The van der Waals surface area contributed by atoms with Gasteiger partial charge in [-0.25, -0.2) is 5.43 Å². The molecule has 0 saturated heterocycles. The lowest BCUT2D eigenvalue weighted by atomic mass is 9.89. The Morgan fingerprint density at radius 3 is 2.47 bits per heavy atom. The number of benzene rings is 1. The summed E-state index contributed by atoms with van der Waals surface area (Å²) in [5, 5.41) is 4.98. The molecule has 1 aromatic carbocycles. The summed E-state index contributed by atoms with van der Waals surface area (Å²) in [6.45, 7) is 0. The van der Waals surface area contributed by atoms with E-state index >= 15 is 0 Å². The molecule has 1 aromatic rings. The lowest BCUT2D eigenvalue weighted by Gasteiger charge is -2.19. The monoisotopic (exact) mass is 298 g/mol. The summed E-state index contributed by atoms with van der Waals surface area (Å²) in [5.41, 5.74) is 3.19. The minimum absolute atomic E-state index is 0.0147.